The molecule has 100 valence electrons. The number of halogens is 2. The molecule has 1 rings (SSSR count). The van der Waals surface area contributed by atoms with Gasteiger partial charge in [-0.3, -0.25) is 4.79 Å². The summed E-state index contributed by atoms with van der Waals surface area (Å²) in [7, 11) is 0. The first-order valence-corrected chi connectivity index (χ1v) is 5.54. The Hall–Kier alpha value is -1.49. The Kier molecular flexibility index (Phi) is 3.76. The Morgan fingerprint density at radius 3 is 2.33 bits per heavy atom. The second-order valence-corrected chi connectivity index (χ2v) is 5.25. The van der Waals surface area contributed by atoms with Gasteiger partial charge in [-0.1, -0.05) is 6.92 Å². The third kappa shape index (κ3) is 2.67. The number of benzene rings is 1. The molecule has 18 heavy (non-hydrogen) atoms. The Bertz CT molecular complexity index is 469. The van der Waals surface area contributed by atoms with E-state index in [9.17, 15) is 13.6 Å². The van der Waals surface area contributed by atoms with Crippen LogP contribution in [0.5, 0.6) is 0 Å². The molecule has 0 aliphatic heterocycles. The number of hydrogen-bond donors (Lipinski definition) is 2. The van der Waals surface area contributed by atoms with Crippen LogP contribution in [0.1, 0.15) is 32.8 Å². The topological polar surface area (TPSA) is 63.3 Å². The maximum absolute atomic E-state index is 13.8. The highest BCUT2D eigenvalue weighted by molar-refractivity contribution is 5.69. The molecule has 3 nitrogen and oxygen atoms in total. The van der Waals surface area contributed by atoms with E-state index in [1.807, 2.05) is 0 Å². The summed E-state index contributed by atoms with van der Waals surface area (Å²) in [6, 6.07) is 2.98. The zero-order valence-electron chi connectivity index (χ0n) is 10.6. The van der Waals surface area contributed by atoms with Crippen LogP contribution < -0.4 is 5.73 Å². The molecule has 0 aliphatic carbocycles. The average Bonchev–Trinajstić information content (AvgIpc) is 2.18. The molecule has 0 radical (unpaired) electrons. The first-order chi connectivity index (χ1) is 8.08. The predicted molar refractivity (Wildman–Crippen MR) is 64.2 cm³/mol. The molecule has 0 spiro atoms. The highest BCUT2D eigenvalue weighted by Crippen LogP contribution is 2.38. The third-order valence-electron chi connectivity index (χ3n) is 3.45. The van der Waals surface area contributed by atoms with Gasteiger partial charge in [0.25, 0.3) is 0 Å². The normalized spacial score (nSPS) is 15.2. The summed E-state index contributed by atoms with van der Waals surface area (Å²) in [6.45, 7) is 4.72. The highest BCUT2D eigenvalue weighted by atomic mass is 19.1. The van der Waals surface area contributed by atoms with Crippen LogP contribution in [0.25, 0.3) is 0 Å². The average molecular weight is 257 g/mol. The second kappa shape index (κ2) is 4.65. The van der Waals surface area contributed by atoms with Crippen molar-refractivity contribution in [2.75, 3.05) is 0 Å². The largest absolute Gasteiger partial charge is 0.481 e. The van der Waals surface area contributed by atoms with Crippen molar-refractivity contribution in [3.8, 4) is 0 Å². The Morgan fingerprint density at radius 1 is 1.33 bits per heavy atom. The molecule has 3 N–H and O–H groups in total. The number of carbonyl (C=O) groups is 1. The van der Waals surface area contributed by atoms with E-state index in [0.717, 1.165) is 18.2 Å². The number of carboxylic acid groups (broad SMARTS) is 1. The molecule has 0 aliphatic rings. The van der Waals surface area contributed by atoms with E-state index in [2.05, 4.69) is 0 Å². The molecule has 1 unspecified atom stereocenters. The number of rotatable bonds is 4. The quantitative estimate of drug-likeness (QED) is 0.870. The second-order valence-electron chi connectivity index (χ2n) is 5.25. The van der Waals surface area contributed by atoms with Gasteiger partial charge < -0.3 is 10.8 Å². The molecular weight excluding hydrogens is 240 g/mol. The van der Waals surface area contributed by atoms with Gasteiger partial charge in [0, 0.05) is 11.0 Å². The molecule has 0 aromatic heterocycles. The van der Waals surface area contributed by atoms with Gasteiger partial charge in [-0.25, -0.2) is 8.78 Å². The monoisotopic (exact) mass is 257 g/mol. The van der Waals surface area contributed by atoms with Crippen molar-refractivity contribution >= 4 is 5.97 Å². The predicted octanol–water partition coefficient (Wildman–Crippen LogP) is 2.43. The van der Waals surface area contributed by atoms with Gasteiger partial charge in [0.15, 0.2) is 0 Å². The van der Waals surface area contributed by atoms with Gasteiger partial charge in [-0.15, -0.1) is 0 Å². The highest BCUT2D eigenvalue weighted by Gasteiger charge is 2.43. The summed E-state index contributed by atoms with van der Waals surface area (Å²) in [5.41, 5.74) is 3.73. The summed E-state index contributed by atoms with van der Waals surface area (Å²) < 4.78 is 27.1. The number of hydrogen-bond acceptors (Lipinski definition) is 2. The lowest BCUT2D eigenvalue weighted by Gasteiger charge is -2.41. The maximum Gasteiger partial charge on any atom is 0.304 e. The molecule has 1 aromatic rings. The van der Waals surface area contributed by atoms with Crippen molar-refractivity contribution in [1.82, 2.24) is 0 Å². The number of aliphatic carboxylic acids is 1. The van der Waals surface area contributed by atoms with Crippen LogP contribution in [0, 0.1) is 11.6 Å². The van der Waals surface area contributed by atoms with Gasteiger partial charge in [-0.05, 0) is 37.6 Å². The summed E-state index contributed by atoms with van der Waals surface area (Å²) in [4.78, 5) is 11.0. The van der Waals surface area contributed by atoms with Gasteiger partial charge in [0.1, 0.15) is 11.6 Å². The number of nitrogens with two attached hydrogens (primary N) is 1. The van der Waals surface area contributed by atoms with E-state index in [0.29, 0.717) is 0 Å². The van der Waals surface area contributed by atoms with Crippen molar-refractivity contribution in [2.45, 2.75) is 38.1 Å². The minimum Gasteiger partial charge on any atom is -0.481 e. The van der Waals surface area contributed by atoms with Crippen LogP contribution in [0.4, 0.5) is 8.78 Å². The van der Waals surface area contributed by atoms with E-state index in [1.165, 1.54) is 6.92 Å². The first kappa shape index (κ1) is 14.6. The van der Waals surface area contributed by atoms with Gasteiger partial charge >= 0.3 is 5.97 Å². The Balaban J connectivity index is 3.43. The van der Waals surface area contributed by atoms with Crippen molar-refractivity contribution in [1.29, 1.82) is 0 Å². The fraction of sp³-hybridized carbons (Fsp3) is 0.462. The van der Waals surface area contributed by atoms with Crippen LogP contribution in [0.3, 0.4) is 0 Å². The molecule has 0 heterocycles. The SMILES string of the molecule is CC(C)(N)C(C)(CC(=O)O)c1cc(F)ccc1F. The van der Waals surface area contributed by atoms with Crippen LogP contribution >= 0.6 is 0 Å². The zero-order chi connectivity index (χ0) is 14.1. The lowest BCUT2D eigenvalue weighted by atomic mass is 9.66. The smallest absolute Gasteiger partial charge is 0.304 e. The van der Waals surface area contributed by atoms with Gasteiger partial charge in [-0.2, -0.15) is 0 Å². The third-order valence-corrected chi connectivity index (χ3v) is 3.45. The van der Waals surface area contributed by atoms with E-state index in [-0.39, 0.29) is 12.0 Å². The molecule has 0 bridgehead atoms. The van der Waals surface area contributed by atoms with E-state index >= 15 is 0 Å². The standard InChI is InChI=1S/C13H17F2NO2/c1-12(2,16)13(3,7-11(17)18)9-6-8(14)4-5-10(9)15/h4-6H,7,16H2,1-3H3,(H,17,18). The van der Waals surface area contributed by atoms with Crippen LogP contribution in [-0.4, -0.2) is 16.6 Å². The van der Waals surface area contributed by atoms with Gasteiger partial charge in [0.2, 0.25) is 0 Å². The fourth-order valence-corrected chi connectivity index (χ4v) is 1.89. The summed E-state index contributed by atoms with van der Waals surface area (Å²) in [5, 5.41) is 8.96. The lowest BCUT2D eigenvalue weighted by Crippen LogP contribution is -2.53. The molecule has 0 amide bonds. The fourth-order valence-electron chi connectivity index (χ4n) is 1.89. The van der Waals surface area contributed by atoms with Crippen molar-refractivity contribution in [3.05, 3.63) is 35.4 Å². The molecule has 1 aromatic carbocycles. The number of carboxylic acids is 1. The molecular formula is C13H17F2NO2. The van der Waals surface area contributed by atoms with E-state index < -0.39 is 28.6 Å². The first-order valence-electron chi connectivity index (χ1n) is 5.54. The van der Waals surface area contributed by atoms with Gasteiger partial charge in [0.05, 0.1) is 6.42 Å². The van der Waals surface area contributed by atoms with Crippen molar-refractivity contribution in [2.24, 2.45) is 5.73 Å². The van der Waals surface area contributed by atoms with Crippen LogP contribution in [-0.2, 0) is 10.2 Å². The van der Waals surface area contributed by atoms with Crippen LogP contribution in [0.2, 0.25) is 0 Å². The molecule has 0 saturated heterocycles. The lowest BCUT2D eigenvalue weighted by molar-refractivity contribution is -0.139. The van der Waals surface area contributed by atoms with E-state index in [1.54, 1.807) is 13.8 Å². The molecule has 5 heteroatoms. The summed E-state index contributed by atoms with van der Waals surface area (Å²) >= 11 is 0. The zero-order valence-corrected chi connectivity index (χ0v) is 10.6. The molecule has 1 atom stereocenters. The summed E-state index contributed by atoms with van der Waals surface area (Å²) in [6.07, 6.45) is -0.378. The molecule has 0 saturated carbocycles. The maximum atomic E-state index is 13.8. The van der Waals surface area contributed by atoms with Crippen molar-refractivity contribution in [3.63, 3.8) is 0 Å². The molecule has 0 fully saturated rings. The summed E-state index contributed by atoms with van der Waals surface area (Å²) in [5.74, 6) is -2.38. The minimum absolute atomic E-state index is 0.0163. The van der Waals surface area contributed by atoms with Crippen molar-refractivity contribution < 1.29 is 18.7 Å². The van der Waals surface area contributed by atoms with Crippen LogP contribution in [0.15, 0.2) is 18.2 Å². The Labute approximate surface area is 105 Å². The Morgan fingerprint density at radius 2 is 1.89 bits per heavy atom. The van der Waals surface area contributed by atoms with E-state index in [4.69, 9.17) is 10.8 Å². The minimum atomic E-state index is -1.20.